The highest BCUT2D eigenvalue weighted by molar-refractivity contribution is 5.85. The molecule has 0 aliphatic rings. The summed E-state index contributed by atoms with van der Waals surface area (Å²) in [6.45, 7) is 1.80. The SMILES string of the molecule is COc1cc(C)cc(OC)c1[C@@H](N)CC(F)(F)F.Cl. The number of benzene rings is 1. The lowest BCUT2D eigenvalue weighted by Gasteiger charge is -2.20. The van der Waals surface area contributed by atoms with Gasteiger partial charge in [0.25, 0.3) is 0 Å². The Morgan fingerprint density at radius 1 is 1.16 bits per heavy atom. The van der Waals surface area contributed by atoms with E-state index in [-0.39, 0.29) is 18.0 Å². The van der Waals surface area contributed by atoms with E-state index in [0.717, 1.165) is 5.56 Å². The van der Waals surface area contributed by atoms with Crippen molar-refractivity contribution in [3.8, 4) is 11.5 Å². The number of aryl methyl sites for hydroxylation is 1. The van der Waals surface area contributed by atoms with Crippen LogP contribution in [-0.2, 0) is 0 Å². The van der Waals surface area contributed by atoms with Gasteiger partial charge < -0.3 is 15.2 Å². The van der Waals surface area contributed by atoms with Crippen molar-refractivity contribution in [2.45, 2.75) is 25.6 Å². The molecule has 1 atom stereocenters. The summed E-state index contributed by atoms with van der Waals surface area (Å²) in [5.74, 6) is 0.618. The number of nitrogens with two attached hydrogens (primary N) is 1. The number of ether oxygens (including phenoxy) is 2. The van der Waals surface area contributed by atoms with E-state index in [2.05, 4.69) is 0 Å². The van der Waals surface area contributed by atoms with Gasteiger partial charge in [-0.15, -0.1) is 12.4 Å². The second-order valence-electron chi connectivity index (χ2n) is 4.01. The number of hydrogen-bond donors (Lipinski definition) is 1. The van der Waals surface area contributed by atoms with Crippen LogP contribution in [0.25, 0.3) is 0 Å². The third kappa shape index (κ3) is 4.80. The fourth-order valence-corrected chi connectivity index (χ4v) is 1.79. The second kappa shape index (κ2) is 6.86. The molecule has 1 aromatic rings. The summed E-state index contributed by atoms with van der Waals surface area (Å²) in [7, 11) is 2.77. The first-order valence-corrected chi connectivity index (χ1v) is 5.33. The van der Waals surface area contributed by atoms with Crippen LogP contribution in [0.15, 0.2) is 12.1 Å². The van der Waals surface area contributed by atoms with E-state index in [0.29, 0.717) is 11.5 Å². The van der Waals surface area contributed by atoms with Crippen LogP contribution in [0.3, 0.4) is 0 Å². The Balaban J connectivity index is 0.00000324. The van der Waals surface area contributed by atoms with Crippen LogP contribution in [0.4, 0.5) is 13.2 Å². The van der Waals surface area contributed by atoms with Crippen LogP contribution in [0.2, 0.25) is 0 Å². The van der Waals surface area contributed by atoms with Gasteiger partial charge >= 0.3 is 6.18 Å². The first kappa shape index (κ1) is 17.9. The summed E-state index contributed by atoms with van der Waals surface area (Å²) in [4.78, 5) is 0. The quantitative estimate of drug-likeness (QED) is 0.927. The minimum absolute atomic E-state index is 0. The molecule has 0 unspecified atom stereocenters. The smallest absolute Gasteiger partial charge is 0.390 e. The number of halogens is 4. The second-order valence-corrected chi connectivity index (χ2v) is 4.01. The normalized spacial score (nSPS) is 12.6. The molecule has 0 bridgehead atoms. The molecule has 0 radical (unpaired) electrons. The highest BCUT2D eigenvalue weighted by Gasteiger charge is 2.33. The Kier molecular flexibility index (Phi) is 6.45. The van der Waals surface area contributed by atoms with Crippen molar-refractivity contribution < 1.29 is 22.6 Å². The molecule has 0 aliphatic carbocycles. The molecule has 3 nitrogen and oxygen atoms in total. The maximum absolute atomic E-state index is 12.4. The van der Waals surface area contributed by atoms with Crippen molar-refractivity contribution in [2.75, 3.05) is 14.2 Å². The predicted molar refractivity (Wildman–Crippen MR) is 69.1 cm³/mol. The van der Waals surface area contributed by atoms with Crippen molar-refractivity contribution in [1.29, 1.82) is 0 Å². The first-order valence-electron chi connectivity index (χ1n) is 5.33. The molecule has 1 aromatic carbocycles. The van der Waals surface area contributed by atoms with Gasteiger partial charge in [-0.2, -0.15) is 13.2 Å². The maximum atomic E-state index is 12.4. The summed E-state index contributed by atoms with van der Waals surface area (Å²) in [6.07, 6.45) is -5.46. The fourth-order valence-electron chi connectivity index (χ4n) is 1.79. The van der Waals surface area contributed by atoms with Gasteiger partial charge in [-0.3, -0.25) is 0 Å². The van der Waals surface area contributed by atoms with Gasteiger partial charge in [-0.1, -0.05) is 0 Å². The van der Waals surface area contributed by atoms with E-state index in [1.807, 2.05) is 0 Å². The molecule has 0 heterocycles. The van der Waals surface area contributed by atoms with Gasteiger partial charge in [0, 0.05) is 6.04 Å². The summed E-state index contributed by atoms with van der Waals surface area (Å²) in [5.41, 5.74) is 6.67. The van der Waals surface area contributed by atoms with E-state index in [1.165, 1.54) is 14.2 Å². The monoisotopic (exact) mass is 299 g/mol. The van der Waals surface area contributed by atoms with Crippen molar-refractivity contribution >= 4 is 12.4 Å². The first-order chi connectivity index (χ1) is 8.28. The zero-order valence-corrected chi connectivity index (χ0v) is 11.7. The van der Waals surface area contributed by atoms with E-state index in [4.69, 9.17) is 15.2 Å². The highest BCUT2D eigenvalue weighted by atomic mass is 35.5. The lowest BCUT2D eigenvalue weighted by atomic mass is 10.00. The maximum Gasteiger partial charge on any atom is 0.390 e. The lowest BCUT2D eigenvalue weighted by molar-refractivity contribution is -0.138. The Bertz CT molecular complexity index is 399. The van der Waals surface area contributed by atoms with Gasteiger partial charge in [0.2, 0.25) is 0 Å². The molecule has 0 saturated carbocycles. The molecular weight excluding hydrogens is 283 g/mol. The minimum Gasteiger partial charge on any atom is -0.496 e. The highest BCUT2D eigenvalue weighted by Crippen LogP contribution is 2.38. The summed E-state index contributed by atoms with van der Waals surface area (Å²) < 4.78 is 47.3. The molecule has 19 heavy (non-hydrogen) atoms. The zero-order valence-electron chi connectivity index (χ0n) is 10.9. The van der Waals surface area contributed by atoms with E-state index < -0.39 is 18.6 Å². The Hall–Kier alpha value is -1.14. The van der Waals surface area contributed by atoms with Gasteiger partial charge in [0.05, 0.1) is 26.2 Å². The van der Waals surface area contributed by atoms with E-state index >= 15 is 0 Å². The van der Waals surface area contributed by atoms with Gasteiger partial charge in [0.15, 0.2) is 0 Å². The molecule has 0 aliphatic heterocycles. The van der Waals surface area contributed by atoms with Gasteiger partial charge in [0.1, 0.15) is 11.5 Å². The number of hydrogen-bond acceptors (Lipinski definition) is 3. The van der Waals surface area contributed by atoms with Crippen molar-refractivity contribution in [1.82, 2.24) is 0 Å². The molecule has 0 saturated heterocycles. The fraction of sp³-hybridized carbons (Fsp3) is 0.500. The van der Waals surface area contributed by atoms with Crippen molar-refractivity contribution in [2.24, 2.45) is 5.73 Å². The van der Waals surface area contributed by atoms with Crippen LogP contribution < -0.4 is 15.2 Å². The number of rotatable bonds is 4. The van der Waals surface area contributed by atoms with Crippen LogP contribution in [0.5, 0.6) is 11.5 Å². The number of methoxy groups -OCH3 is 2. The molecule has 0 amide bonds. The summed E-state index contributed by atoms with van der Waals surface area (Å²) in [6, 6.07) is 2.05. The molecule has 0 aromatic heterocycles. The van der Waals surface area contributed by atoms with E-state index in [9.17, 15) is 13.2 Å². The Morgan fingerprint density at radius 3 is 1.89 bits per heavy atom. The van der Waals surface area contributed by atoms with Gasteiger partial charge in [-0.05, 0) is 24.6 Å². The molecule has 7 heteroatoms. The Morgan fingerprint density at radius 2 is 1.58 bits per heavy atom. The Labute approximate surface area is 116 Å². The van der Waals surface area contributed by atoms with Crippen molar-refractivity contribution in [3.63, 3.8) is 0 Å². The standard InChI is InChI=1S/C12H16F3NO2.ClH/c1-7-4-9(17-2)11(10(5-7)18-3)8(16)6-12(13,14)15;/h4-5,8H,6,16H2,1-3H3;1H/t8-;/m0./s1. The van der Waals surface area contributed by atoms with Crippen LogP contribution in [-0.4, -0.2) is 20.4 Å². The summed E-state index contributed by atoms with van der Waals surface area (Å²) in [5, 5.41) is 0. The van der Waals surface area contributed by atoms with Crippen molar-refractivity contribution in [3.05, 3.63) is 23.3 Å². The largest absolute Gasteiger partial charge is 0.496 e. The lowest BCUT2D eigenvalue weighted by Crippen LogP contribution is -2.21. The third-order valence-electron chi connectivity index (χ3n) is 2.51. The van der Waals surface area contributed by atoms with Gasteiger partial charge in [-0.25, -0.2) is 0 Å². The predicted octanol–water partition coefficient (Wildman–Crippen LogP) is 3.39. The molecule has 0 spiro atoms. The topological polar surface area (TPSA) is 44.5 Å². The van der Waals surface area contributed by atoms with Crippen LogP contribution in [0, 0.1) is 6.92 Å². The number of alkyl halides is 3. The molecular formula is C12H17ClF3NO2. The van der Waals surface area contributed by atoms with E-state index in [1.54, 1.807) is 19.1 Å². The minimum atomic E-state index is -4.33. The molecule has 0 fully saturated rings. The van der Waals surface area contributed by atoms with Crippen LogP contribution in [0.1, 0.15) is 23.6 Å². The average Bonchev–Trinajstić information content (AvgIpc) is 2.24. The van der Waals surface area contributed by atoms with Crippen LogP contribution >= 0.6 is 12.4 Å². The summed E-state index contributed by atoms with van der Waals surface area (Å²) >= 11 is 0. The third-order valence-corrected chi connectivity index (χ3v) is 2.51. The molecule has 2 N–H and O–H groups in total. The molecule has 1 rings (SSSR count). The average molecular weight is 300 g/mol. The zero-order chi connectivity index (χ0) is 13.9. The molecule has 110 valence electrons.